The van der Waals surface area contributed by atoms with Crippen LogP contribution in [0.4, 0.5) is 0 Å². The van der Waals surface area contributed by atoms with E-state index in [1.807, 2.05) is 0 Å². The number of hydrogen-bond acceptors (Lipinski definition) is 6. The molecule has 0 atom stereocenters. The molecule has 0 aliphatic heterocycles. The molecule has 0 saturated carbocycles. The number of aliphatic hydroxyl groups excluding tert-OH is 1. The second-order valence-electron chi connectivity index (χ2n) is 3.73. The number of nitrogens with zero attached hydrogens (tertiary/aromatic N) is 1. The zero-order valence-corrected chi connectivity index (χ0v) is 11.0. The predicted molar refractivity (Wildman–Crippen MR) is 67.9 cm³/mol. The van der Waals surface area contributed by atoms with Crippen LogP contribution >= 0.6 is 0 Å². The number of carbonyl (C=O) groups is 2. The zero-order valence-electron chi connectivity index (χ0n) is 11.0. The molecule has 0 aliphatic rings. The fourth-order valence-corrected chi connectivity index (χ4v) is 1.08. The molecule has 0 aromatic heterocycles. The van der Waals surface area contributed by atoms with Crippen LogP contribution in [-0.4, -0.2) is 36.3 Å². The monoisotopic (exact) mass is 267 g/mol. The summed E-state index contributed by atoms with van der Waals surface area (Å²) in [7, 11) is 0. The third-order valence-electron chi connectivity index (χ3n) is 2.16. The van der Waals surface area contributed by atoms with E-state index in [2.05, 4.69) is 9.73 Å². The van der Waals surface area contributed by atoms with Gasteiger partial charge in [0.25, 0.3) is 0 Å². The number of isocyanates is 1. The number of aliphatic imine (C=N–C) groups is 1. The first-order chi connectivity index (χ1) is 9.02. The van der Waals surface area contributed by atoms with Crippen LogP contribution in [0.2, 0.25) is 0 Å². The van der Waals surface area contributed by atoms with Gasteiger partial charge in [-0.3, -0.25) is 0 Å². The molecule has 0 amide bonds. The molecule has 0 radical (unpaired) electrons. The van der Waals surface area contributed by atoms with Crippen LogP contribution in [0.5, 0.6) is 0 Å². The first-order valence-electron chi connectivity index (χ1n) is 5.77. The Kier molecular flexibility index (Phi) is 8.87. The summed E-state index contributed by atoms with van der Waals surface area (Å²) in [5.74, 6) is -1.48. The SMILES string of the molecule is CC(=CCCO)C(=O)OC(=O)C(C)=CCCN=C=O. The lowest BCUT2D eigenvalue weighted by Crippen LogP contribution is -2.14. The second-order valence-corrected chi connectivity index (χ2v) is 3.73. The Morgan fingerprint density at radius 2 is 1.68 bits per heavy atom. The molecule has 0 spiro atoms. The van der Waals surface area contributed by atoms with Crippen LogP contribution in [0.15, 0.2) is 28.3 Å². The molecule has 104 valence electrons. The summed E-state index contributed by atoms with van der Waals surface area (Å²) in [6, 6.07) is 0. The molecule has 0 aromatic rings. The first-order valence-corrected chi connectivity index (χ1v) is 5.77. The fraction of sp³-hybridized carbons (Fsp3) is 0.462. The maximum Gasteiger partial charge on any atom is 0.341 e. The van der Waals surface area contributed by atoms with Gasteiger partial charge in [0, 0.05) is 17.8 Å². The number of rotatable bonds is 7. The minimum absolute atomic E-state index is 0.0747. The summed E-state index contributed by atoms with van der Waals surface area (Å²) in [6.45, 7) is 3.17. The van der Waals surface area contributed by atoms with Crippen LogP contribution < -0.4 is 0 Å². The highest BCUT2D eigenvalue weighted by molar-refractivity contribution is 6.01. The molecule has 6 nitrogen and oxygen atoms in total. The van der Waals surface area contributed by atoms with Gasteiger partial charge in [-0.1, -0.05) is 12.2 Å². The number of aliphatic hydroxyl groups is 1. The predicted octanol–water partition coefficient (Wildman–Crippen LogP) is 1.06. The fourth-order valence-electron chi connectivity index (χ4n) is 1.08. The van der Waals surface area contributed by atoms with Crippen molar-refractivity contribution in [3.63, 3.8) is 0 Å². The van der Waals surface area contributed by atoms with E-state index in [1.165, 1.54) is 32.1 Å². The first kappa shape index (κ1) is 17.0. The van der Waals surface area contributed by atoms with Gasteiger partial charge in [-0.05, 0) is 26.7 Å². The van der Waals surface area contributed by atoms with E-state index in [1.54, 1.807) is 0 Å². The van der Waals surface area contributed by atoms with Crippen molar-refractivity contribution in [2.24, 2.45) is 4.99 Å². The Morgan fingerprint density at radius 3 is 2.16 bits per heavy atom. The Hall–Kier alpha value is -2.04. The highest BCUT2D eigenvalue weighted by atomic mass is 16.6. The molecule has 0 fully saturated rings. The molecule has 0 unspecified atom stereocenters. The van der Waals surface area contributed by atoms with Crippen molar-refractivity contribution in [3.8, 4) is 0 Å². The van der Waals surface area contributed by atoms with Crippen LogP contribution in [-0.2, 0) is 19.1 Å². The lowest BCUT2D eigenvalue weighted by Gasteiger charge is -2.03. The Balaban J connectivity index is 4.35. The van der Waals surface area contributed by atoms with Gasteiger partial charge in [-0.15, -0.1) is 0 Å². The number of esters is 2. The second kappa shape index (κ2) is 9.94. The Bertz CT molecular complexity index is 430. The molecule has 19 heavy (non-hydrogen) atoms. The smallest absolute Gasteiger partial charge is 0.341 e. The van der Waals surface area contributed by atoms with Gasteiger partial charge < -0.3 is 9.84 Å². The molecule has 0 saturated heterocycles. The van der Waals surface area contributed by atoms with Crippen molar-refractivity contribution < 1.29 is 24.2 Å². The van der Waals surface area contributed by atoms with Crippen LogP contribution in [0.1, 0.15) is 26.7 Å². The third kappa shape index (κ3) is 7.81. The highest BCUT2D eigenvalue weighted by Crippen LogP contribution is 2.04. The van der Waals surface area contributed by atoms with Crippen LogP contribution in [0.25, 0.3) is 0 Å². The van der Waals surface area contributed by atoms with Crippen molar-refractivity contribution in [2.45, 2.75) is 26.7 Å². The van der Waals surface area contributed by atoms with Gasteiger partial charge in [-0.25, -0.2) is 19.4 Å². The Morgan fingerprint density at radius 1 is 1.16 bits per heavy atom. The largest absolute Gasteiger partial charge is 0.396 e. The maximum atomic E-state index is 11.5. The van der Waals surface area contributed by atoms with Gasteiger partial charge in [0.15, 0.2) is 0 Å². The number of hydrogen-bond donors (Lipinski definition) is 1. The summed E-state index contributed by atoms with van der Waals surface area (Å²) < 4.78 is 4.62. The quantitative estimate of drug-likeness (QED) is 0.186. The molecule has 0 bridgehead atoms. The van der Waals surface area contributed by atoms with E-state index >= 15 is 0 Å². The lowest BCUT2D eigenvalue weighted by molar-refractivity contribution is -0.153. The molecule has 0 aromatic carbocycles. The standard InChI is InChI=1S/C13H17NO5/c1-10(5-3-7-14-9-16)12(17)19-13(18)11(2)6-4-8-15/h5-6,15H,3-4,7-8H2,1-2H3. The van der Waals surface area contributed by atoms with E-state index in [0.29, 0.717) is 12.8 Å². The van der Waals surface area contributed by atoms with Gasteiger partial charge in [0.05, 0.1) is 6.54 Å². The van der Waals surface area contributed by atoms with E-state index in [4.69, 9.17) is 5.11 Å². The molecule has 0 rings (SSSR count). The summed E-state index contributed by atoms with van der Waals surface area (Å²) >= 11 is 0. The number of ether oxygens (including phenoxy) is 1. The Labute approximate surface area is 111 Å². The third-order valence-corrected chi connectivity index (χ3v) is 2.16. The van der Waals surface area contributed by atoms with Crippen molar-refractivity contribution >= 4 is 18.0 Å². The van der Waals surface area contributed by atoms with E-state index in [0.717, 1.165) is 0 Å². The van der Waals surface area contributed by atoms with Gasteiger partial charge in [-0.2, -0.15) is 0 Å². The molecular weight excluding hydrogens is 250 g/mol. The van der Waals surface area contributed by atoms with Crippen LogP contribution in [0, 0.1) is 0 Å². The van der Waals surface area contributed by atoms with Gasteiger partial charge in [0.1, 0.15) is 0 Å². The van der Waals surface area contributed by atoms with E-state index < -0.39 is 11.9 Å². The lowest BCUT2D eigenvalue weighted by atomic mass is 10.2. The van der Waals surface area contributed by atoms with Crippen molar-refractivity contribution in [3.05, 3.63) is 23.3 Å². The molecule has 0 aliphatic carbocycles. The van der Waals surface area contributed by atoms with Gasteiger partial charge in [0.2, 0.25) is 6.08 Å². The zero-order chi connectivity index (χ0) is 14.7. The molecular formula is C13H17NO5. The normalized spacial score (nSPS) is 11.7. The molecule has 6 heteroatoms. The van der Waals surface area contributed by atoms with E-state index in [-0.39, 0.29) is 24.3 Å². The molecule has 1 N–H and O–H groups in total. The highest BCUT2D eigenvalue weighted by Gasteiger charge is 2.13. The van der Waals surface area contributed by atoms with Crippen molar-refractivity contribution in [2.75, 3.05) is 13.2 Å². The average Bonchev–Trinajstić information content (AvgIpc) is 2.40. The topological polar surface area (TPSA) is 93.0 Å². The number of carbonyl (C=O) groups excluding carboxylic acids is 3. The van der Waals surface area contributed by atoms with Crippen LogP contribution in [0.3, 0.4) is 0 Å². The van der Waals surface area contributed by atoms with Gasteiger partial charge >= 0.3 is 11.9 Å². The molecule has 0 heterocycles. The summed E-state index contributed by atoms with van der Waals surface area (Å²) in [5, 5.41) is 8.60. The van der Waals surface area contributed by atoms with E-state index in [9.17, 15) is 14.4 Å². The average molecular weight is 267 g/mol. The summed E-state index contributed by atoms with van der Waals surface area (Å²) in [4.78, 5) is 36.1. The van der Waals surface area contributed by atoms with Crippen molar-refractivity contribution in [1.82, 2.24) is 0 Å². The summed E-state index contributed by atoms with van der Waals surface area (Å²) in [5.41, 5.74) is 0.533. The minimum Gasteiger partial charge on any atom is -0.396 e. The van der Waals surface area contributed by atoms with Crippen molar-refractivity contribution in [1.29, 1.82) is 0 Å². The maximum absolute atomic E-state index is 11.5. The minimum atomic E-state index is -0.739. The summed E-state index contributed by atoms with van der Waals surface area (Å²) in [6.07, 6.45) is 5.13.